The molecule has 0 saturated carbocycles. The van der Waals surface area contributed by atoms with Gasteiger partial charge >= 0.3 is 0 Å². The zero-order chi connectivity index (χ0) is 13.4. The van der Waals surface area contributed by atoms with Crippen LogP contribution in [0.3, 0.4) is 0 Å². The highest BCUT2D eigenvalue weighted by Crippen LogP contribution is 2.26. The average Bonchev–Trinajstić information content (AvgIpc) is 2.83. The van der Waals surface area contributed by atoms with Gasteiger partial charge in [-0.15, -0.1) is 0 Å². The number of hydrogen-bond donors (Lipinski definition) is 1. The quantitative estimate of drug-likeness (QED) is 0.732. The number of nitrogens with two attached hydrogens (primary N) is 1. The SMILES string of the molecule is NC(=S)c1ccc(-n2cc(Br)cn2)c2ccccc12. The highest BCUT2D eigenvalue weighted by Gasteiger charge is 2.09. The summed E-state index contributed by atoms with van der Waals surface area (Å²) >= 11 is 8.51. The van der Waals surface area contributed by atoms with E-state index >= 15 is 0 Å². The molecular formula is C14H10BrN3S. The molecule has 2 aromatic carbocycles. The summed E-state index contributed by atoms with van der Waals surface area (Å²) in [5.74, 6) is 0. The van der Waals surface area contributed by atoms with Crippen LogP contribution in [-0.2, 0) is 0 Å². The molecule has 3 nitrogen and oxygen atoms in total. The Kier molecular flexibility index (Phi) is 3.08. The normalized spacial score (nSPS) is 10.8. The number of thiocarbonyl (C=S) groups is 1. The second kappa shape index (κ2) is 4.75. The van der Waals surface area contributed by atoms with Crippen LogP contribution in [0.15, 0.2) is 53.3 Å². The molecule has 1 aromatic heterocycles. The highest BCUT2D eigenvalue weighted by atomic mass is 79.9. The summed E-state index contributed by atoms with van der Waals surface area (Å²) in [7, 11) is 0. The van der Waals surface area contributed by atoms with Crippen LogP contribution in [0.1, 0.15) is 5.56 Å². The van der Waals surface area contributed by atoms with Crippen LogP contribution in [0.4, 0.5) is 0 Å². The Bertz CT molecular complexity index is 779. The molecule has 0 bridgehead atoms. The second-order valence-electron chi connectivity index (χ2n) is 4.15. The fourth-order valence-corrected chi connectivity index (χ4v) is 2.59. The summed E-state index contributed by atoms with van der Waals surface area (Å²) in [6.45, 7) is 0. The topological polar surface area (TPSA) is 43.8 Å². The number of rotatable bonds is 2. The fraction of sp³-hybridized carbons (Fsp3) is 0. The van der Waals surface area contributed by atoms with Gasteiger partial charge in [0.05, 0.1) is 16.4 Å². The van der Waals surface area contributed by atoms with E-state index in [-0.39, 0.29) is 0 Å². The van der Waals surface area contributed by atoms with E-state index in [1.165, 1.54) is 0 Å². The summed E-state index contributed by atoms with van der Waals surface area (Å²) in [5, 5.41) is 6.43. The number of nitrogens with zero attached hydrogens (tertiary/aromatic N) is 2. The average molecular weight is 332 g/mol. The first kappa shape index (κ1) is 12.3. The molecule has 0 spiro atoms. The minimum atomic E-state index is 0.407. The lowest BCUT2D eigenvalue weighted by molar-refractivity contribution is 0.887. The van der Waals surface area contributed by atoms with E-state index in [9.17, 15) is 0 Å². The summed E-state index contributed by atoms with van der Waals surface area (Å²) < 4.78 is 2.77. The Morgan fingerprint density at radius 2 is 1.89 bits per heavy atom. The molecule has 19 heavy (non-hydrogen) atoms. The summed E-state index contributed by atoms with van der Waals surface area (Å²) in [4.78, 5) is 0.407. The van der Waals surface area contributed by atoms with Gasteiger partial charge in [-0.2, -0.15) is 5.10 Å². The Morgan fingerprint density at radius 1 is 1.16 bits per heavy atom. The van der Waals surface area contributed by atoms with E-state index in [4.69, 9.17) is 18.0 Å². The summed E-state index contributed by atoms with van der Waals surface area (Å²) in [6.07, 6.45) is 3.68. The van der Waals surface area contributed by atoms with Gasteiger partial charge in [-0.1, -0.05) is 36.5 Å². The number of benzene rings is 2. The van der Waals surface area contributed by atoms with Crippen molar-refractivity contribution in [3.05, 3.63) is 58.8 Å². The molecule has 0 fully saturated rings. The van der Waals surface area contributed by atoms with Crippen LogP contribution < -0.4 is 5.73 Å². The third-order valence-electron chi connectivity index (χ3n) is 2.96. The Labute approximate surface area is 124 Å². The second-order valence-corrected chi connectivity index (χ2v) is 5.50. The molecule has 0 amide bonds. The van der Waals surface area contributed by atoms with E-state index in [1.54, 1.807) is 6.20 Å². The zero-order valence-electron chi connectivity index (χ0n) is 9.88. The molecule has 0 atom stereocenters. The largest absolute Gasteiger partial charge is 0.389 e. The Balaban J connectivity index is 2.34. The molecule has 0 unspecified atom stereocenters. The standard InChI is InChI=1S/C14H10BrN3S/c15-9-7-17-18(8-9)13-6-5-12(14(16)19)10-3-1-2-4-11(10)13/h1-8H,(H2,16,19). The molecule has 0 saturated heterocycles. The molecule has 1 heterocycles. The Hall–Kier alpha value is -1.72. The molecule has 3 rings (SSSR count). The summed E-state index contributed by atoms with van der Waals surface area (Å²) in [6, 6.07) is 12.0. The van der Waals surface area contributed by atoms with Crippen molar-refractivity contribution in [3.8, 4) is 5.69 Å². The van der Waals surface area contributed by atoms with E-state index < -0.39 is 0 Å². The molecule has 94 valence electrons. The molecule has 0 aliphatic rings. The molecule has 2 N–H and O–H groups in total. The smallest absolute Gasteiger partial charge is 0.104 e. The van der Waals surface area contributed by atoms with E-state index in [1.807, 2.05) is 47.3 Å². The molecule has 5 heteroatoms. The maximum atomic E-state index is 5.77. The van der Waals surface area contributed by atoms with Crippen molar-refractivity contribution >= 4 is 43.9 Å². The van der Waals surface area contributed by atoms with Gasteiger partial charge in [-0.3, -0.25) is 0 Å². The predicted octanol–water partition coefficient (Wildman–Crippen LogP) is 3.42. The molecular weight excluding hydrogens is 322 g/mol. The number of hydrogen-bond acceptors (Lipinski definition) is 2. The predicted molar refractivity (Wildman–Crippen MR) is 84.7 cm³/mol. The van der Waals surface area contributed by atoms with E-state index in [0.29, 0.717) is 4.99 Å². The van der Waals surface area contributed by atoms with Crippen LogP contribution in [0.25, 0.3) is 16.5 Å². The van der Waals surface area contributed by atoms with Gasteiger partial charge in [0.15, 0.2) is 0 Å². The van der Waals surface area contributed by atoms with Crippen molar-refractivity contribution in [1.29, 1.82) is 0 Å². The zero-order valence-corrected chi connectivity index (χ0v) is 12.3. The number of aromatic nitrogens is 2. The molecule has 0 aliphatic heterocycles. The van der Waals surface area contributed by atoms with Gasteiger partial charge in [-0.05, 0) is 33.4 Å². The minimum Gasteiger partial charge on any atom is -0.389 e. The van der Waals surface area contributed by atoms with Gasteiger partial charge in [0.2, 0.25) is 0 Å². The summed E-state index contributed by atoms with van der Waals surface area (Å²) in [5.41, 5.74) is 7.66. The lowest BCUT2D eigenvalue weighted by atomic mass is 10.0. The first-order chi connectivity index (χ1) is 9.16. The number of halogens is 1. The van der Waals surface area contributed by atoms with Crippen molar-refractivity contribution in [2.24, 2.45) is 5.73 Å². The fourth-order valence-electron chi connectivity index (χ4n) is 2.13. The minimum absolute atomic E-state index is 0.407. The van der Waals surface area contributed by atoms with E-state index in [0.717, 1.165) is 26.5 Å². The third kappa shape index (κ3) is 2.15. The van der Waals surface area contributed by atoms with Crippen LogP contribution in [0.5, 0.6) is 0 Å². The van der Waals surface area contributed by atoms with Crippen LogP contribution >= 0.6 is 28.1 Å². The third-order valence-corrected chi connectivity index (χ3v) is 3.59. The first-order valence-electron chi connectivity index (χ1n) is 5.69. The van der Waals surface area contributed by atoms with Crippen LogP contribution in [0, 0.1) is 0 Å². The van der Waals surface area contributed by atoms with E-state index in [2.05, 4.69) is 21.0 Å². The van der Waals surface area contributed by atoms with Gasteiger partial charge in [0.1, 0.15) is 4.99 Å². The first-order valence-corrected chi connectivity index (χ1v) is 6.89. The van der Waals surface area contributed by atoms with Crippen LogP contribution in [-0.4, -0.2) is 14.8 Å². The highest BCUT2D eigenvalue weighted by molar-refractivity contribution is 9.10. The number of fused-ring (bicyclic) bond motifs is 1. The molecule has 3 aromatic rings. The van der Waals surface area contributed by atoms with Crippen LogP contribution in [0.2, 0.25) is 0 Å². The molecule has 0 aliphatic carbocycles. The van der Waals surface area contributed by atoms with Gasteiger partial charge in [-0.25, -0.2) is 4.68 Å². The van der Waals surface area contributed by atoms with Crippen molar-refractivity contribution in [1.82, 2.24) is 9.78 Å². The van der Waals surface area contributed by atoms with Gasteiger partial charge in [0.25, 0.3) is 0 Å². The lowest BCUT2D eigenvalue weighted by Gasteiger charge is -2.10. The van der Waals surface area contributed by atoms with Gasteiger partial charge < -0.3 is 5.73 Å². The van der Waals surface area contributed by atoms with Gasteiger partial charge in [0, 0.05) is 17.1 Å². The Morgan fingerprint density at radius 3 is 2.53 bits per heavy atom. The van der Waals surface area contributed by atoms with Crippen molar-refractivity contribution in [2.45, 2.75) is 0 Å². The monoisotopic (exact) mass is 331 g/mol. The maximum absolute atomic E-state index is 5.77. The lowest BCUT2D eigenvalue weighted by Crippen LogP contribution is -2.10. The van der Waals surface area contributed by atoms with Crippen molar-refractivity contribution < 1.29 is 0 Å². The molecule has 0 radical (unpaired) electrons. The maximum Gasteiger partial charge on any atom is 0.104 e. The van der Waals surface area contributed by atoms with Crippen molar-refractivity contribution in [3.63, 3.8) is 0 Å². The van der Waals surface area contributed by atoms with Crippen molar-refractivity contribution in [2.75, 3.05) is 0 Å².